The lowest BCUT2D eigenvalue weighted by Gasteiger charge is -2.18. The normalized spacial score (nSPS) is 19.0. The lowest BCUT2D eigenvalue weighted by atomic mass is 10.1. The molecule has 0 spiro atoms. The van der Waals surface area contributed by atoms with Crippen molar-refractivity contribution in [3.05, 3.63) is 23.8 Å². The fourth-order valence-corrected chi connectivity index (χ4v) is 2.59. The van der Waals surface area contributed by atoms with Gasteiger partial charge in [0.25, 0.3) is 0 Å². The van der Waals surface area contributed by atoms with Crippen molar-refractivity contribution < 1.29 is 14.6 Å². The number of rotatable bonds is 5. The van der Waals surface area contributed by atoms with Crippen LogP contribution in [0.5, 0.6) is 11.5 Å². The molecule has 0 aromatic heterocycles. The average molecular weight is 278 g/mol. The fourth-order valence-electron chi connectivity index (χ4n) is 2.59. The largest absolute Gasteiger partial charge is 0.504 e. The minimum atomic E-state index is 0.0121. The zero-order chi connectivity index (χ0) is 14.5. The molecule has 1 heterocycles. The van der Waals surface area contributed by atoms with Gasteiger partial charge in [-0.2, -0.15) is 0 Å². The number of para-hydroxylation sites is 1. The number of benzene rings is 1. The van der Waals surface area contributed by atoms with Crippen LogP contribution in [0.15, 0.2) is 18.2 Å². The van der Waals surface area contributed by atoms with Crippen LogP contribution in [-0.4, -0.2) is 41.7 Å². The Bertz CT molecular complexity index is 476. The SMILES string of the molecule is CCOc1cccc(CN2CCC(NC(C)=O)C2)c1O. The van der Waals surface area contributed by atoms with Gasteiger partial charge >= 0.3 is 0 Å². The molecule has 5 heteroatoms. The molecule has 1 aliphatic heterocycles. The molecule has 1 saturated heterocycles. The van der Waals surface area contributed by atoms with E-state index in [0.717, 1.165) is 25.1 Å². The molecule has 20 heavy (non-hydrogen) atoms. The molecule has 1 aromatic carbocycles. The van der Waals surface area contributed by atoms with E-state index < -0.39 is 0 Å². The zero-order valence-electron chi connectivity index (χ0n) is 12.1. The van der Waals surface area contributed by atoms with E-state index in [0.29, 0.717) is 18.9 Å². The van der Waals surface area contributed by atoms with E-state index >= 15 is 0 Å². The number of amides is 1. The Morgan fingerprint density at radius 3 is 3.05 bits per heavy atom. The Morgan fingerprint density at radius 1 is 1.55 bits per heavy atom. The molecule has 1 aromatic rings. The molecule has 110 valence electrons. The second-order valence-electron chi connectivity index (χ2n) is 5.12. The summed E-state index contributed by atoms with van der Waals surface area (Å²) in [6, 6.07) is 5.78. The predicted octanol–water partition coefficient (Wildman–Crippen LogP) is 1.50. The third kappa shape index (κ3) is 3.63. The Hall–Kier alpha value is -1.75. The molecule has 1 fully saturated rings. The van der Waals surface area contributed by atoms with Crippen molar-refractivity contribution in [2.24, 2.45) is 0 Å². The highest BCUT2D eigenvalue weighted by molar-refractivity contribution is 5.73. The van der Waals surface area contributed by atoms with Gasteiger partial charge in [0, 0.05) is 38.2 Å². The molecule has 0 saturated carbocycles. The van der Waals surface area contributed by atoms with E-state index in [1.54, 1.807) is 13.0 Å². The van der Waals surface area contributed by atoms with Crippen LogP contribution in [-0.2, 0) is 11.3 Å². The summed E-state index contributed by atoms with van der Waals surface area (Å²) < 4.78 is 5.39. The number of nitrogens with one attached hydrogen (secondary N) is 1. The number of carbonyl (C=O) groups excluding carboxylic acids is 1. The van der Waals surface area contributed by atoms with E-state index in [9.17, 15) is 9.90 Å². The minimum Gasteiger partial charge on any atom is -0.504 e. The van der Waals surface area contributed by atoms with Crippen molar-refractivity contribution in [2.75, 3.05) is 19.7 Å². The lowest BCUT2D eigenvalue weighted by Crippen LogP contribution is -2.35. The molecule has 5 nitrogen and oxygen atoms in total. The molecule has 1 aliphatic rings. The molecule has 1 unspecified atom stereocenters. The summed E-state index contributed by atoms with van der Waals surface area (Å²) in [5.41, 5.74) is 0.861. The number of likely N-dealkylation sites (tertiary alicyclic amines) is 1. The average Bonchev–Trinajstić information content (AvgIpc) is 2.81. The van der Waals surface area contributed by atoms with Gasteiger partial charge in [0.2, 0.25) is 5.91 Å². The van der Waals surface area contributed by atoms with Crippen molar-refractivity contribution >= 4 is 5.91 Å². The number of carbonyl (C=O) groups is 1. The number of hydrogen-bond donors (Lipinski definition) is 2. The zero-order valence-corrected chi connectivity index (χ0v) is 12.1. The maximum Gasteiger partial charge on any atom is 0.217 e. The summed E-state index contributed by atoms with van der Waals surface area (Å²) in [5.74, 6) is 0.762. The van der Waals surface area contributed by atoms with Crippen LogP contribution in [0.25, 0.3) is 0 Å². The van der Waals surface area contributed by atoms with Gasteiger partial charge in [0.1, 0.15) is 0 Å². The summed E-state index contributed by atoms with van der Waals surface area (Å²) in [7, 11) is 0. The number of aromatic hydroxyl groups is 1. The Morgan fingerprint density at radius 2 is 2.35 bits per heavy atom. The topological polar surface area (TPSA) is 61.8 Å². The third-order valence-corrected chi connectivity index (χ3v) is 3.46. The first kappa shape index (κ1) is 14.7. The highest BCUT2D eigenvalue weighted by atomic mass is 16.5. The highest BCUT2D eigenvalue weighted by Gasteiger charge is 2.23. The van der Waals surface area contributed by atoms with E-state index in [4.69, 9.17) is 4.74 Å². The second kappa shape index (κ2) is 6.61. The summed E-state index contributed by atoms with van der Waals surface area (Å²) in [6.45, 7) is 6.37. The summed E-state index contributed by atoms with van der Waals surface area (Å²) in [4.78, 5) is 13.3. The Balaban J connectivity index is 1.97. The van der Waals surface area contributed by atoms with E-state index in [-0.39, 0.29) is 17.7 Å². The summed E-state index contributed by atoms with van der Waals surface area (Å²) in [5, 5.41) is 13.1. The van der Waals surface area contributed by atoms with Gasteiger partial charge in [-0.05, 0) is 19.4 Å². The van der Waals surface area contributed by atoms with Crippen molar-refractivity contribution in [3.63, 3.8) is 0 Å². The highest BCUT2D eigenvalue weighted by Crippen LogP contribution is 2.31. The van der Waals surface area contributed by atoms with Gasteiger partial charge in [-0.1, -0.05) is 12.1 Å². The first-order valence-corrected chi connectivity index (χ1v) is 7.03. The van der Waals surface area contributed by atoms with Gasteiger partial charge in [-0.25, -0.2) is 0 Å². The van der Waals surface area contributed by atoms with E-state index in [2.05, 4.69) is 10.2 Å². The third-order valence-electron chi connectivity index (χ3n) is 3.46. The van der Waals surface area contributed by atoms with Crippen molar-refractivity contribution in [3.8, 4) is 11.5 Å². The van der Waals surface area contributed by atoms with Crippen LogP contribution < -0.4 is 10.1 Å². The van der Waals surface area contributed by atoms with E-state index in [1.165, 1.54) is 0 Å². The van der Waals surface area contributed by atoms with Crippen LogP contribution >= 0.6 is 0 Å². The maximum atomic E-state index is 11.0. The minimum absolute atomic E-state index is 0.0121. The van der Waals surface area contributed by atoms with Crippen LogP contribution in [0.3, 0.4) is 0 Å². The van der Waals surface area contributed by atoms with Crippen LogP contribution in [0.2, 0.25) is 0 Å². The number of nitrogens with zero attached hydrogens (tertiary/aromatic N) is 1. The maximum absolute atomic E-state index is 11.0. The van der Waals surface area contributed by atoms with Gasteiger partial charge in [0.05, 0.1) is 6.61 Å². The molecule has 1 amide bonds. The van der Waals surface area contributed by atoms with Gasteiger partial charge < -0.3 is 15.2 Å². The first-order valence-electron chi connectivity index (χ1n) is 7.03. The summed E-state index contributed by atoms with van der Waals surface area (Å²) in [6.07, 6.45) is 0.950. The van der Waals surface area contributed by atoms with Gasteiger partial charge in [-0.3, -0.25) is 9.69 Å². The molecule has 0 aliphatic carbocycles. The quantitative estimate of drug-likeness (QED) is 0.857. The molecular formula is C15H22N2O3. The molecule has 2 rings (SSSR count). The number of ether oxygens (including phenoxy) is 1. The molecule has 2 N–H and O–H groups in total. The Labute approximate surface area is 119 Å². The Kier molecular flexibility index (Phi) is 4.84. The molecule has 0 radical (unpaired) electrons. The van der Waals surface area contributed by atoms with Crippen molar-refractivity contribution in [1.82, 2.24) is 10.2 Å². The number of hydrogen-bond acceptors (Lipinski definition) is 4. The smallest absolute Gasteiger partial charge is 0.217 e. The molecule has 0 bridgehead atoms. The standard InChI is InChI=1S/C15H22N2O3/c1-3-20-14-6-4-5-12(15(14)19)9-17-8-7-13(10-17)16-11(2)18/h4-6,13,19H,3,7-10H2,1-2H3,(H,16,18). The van der Waals surface area contributed by atoms with E-state index in [1.807, 2.05) is 19.1 Å². The fraction of sp³-hybridized carbons (Fsp3) is 0.533. The van der Waals surface area contributed by atoms with Crippen molar-refractivity contribution in [1.29, 1.82) is 0 Å². The van der Waals surface area contributed by atoms with Crippen LogP contribution in [0.1, 0.15) is 25.8 Å². The molecule has 1 atom stereocenters. The monoisotopic (exact) mass is 278 g/mol. The van der Waals surface area contributed by atoms with Crippen LogP contribution in [0.4, 0.5) is 0 Å². The second-order valence-corrected chi connectivity index (χ2v) is 5.12. The summed E-state index contributed by atoms with van der Waals surface area (Å²) >= 11 is 0. The molecular weight excluding hydrogens is 256 g/mol. The van der Waals surface area contributed by atoms with Crippen molar-refractivity contribution in [2.45, 2.75) is 32.9 Å². The van der Waals surface area contributed by atoms with Gasteiger partial charge in [0.15, 0.2) is 11.5 Å². The predicted molar refractivity (Wildman–Crippen MR) is 76.8 cm³/mol. The van der Waals surface area contributed by atoms with Crippen LogP contribution in [0, 0.1) is 0 Å². The first-order chi connectivity index (χ1) is 9.60. The lowest BCUT2D eigenvalue weighted by molar-refractivity contribution is -0.119. The number of phenolic OH excluding ortho intramolecular Hbond substituents is 1. The number of phenols is 1. The van der Waals surface area contributed by atoms with Gasteiger partial charge in [-0.15, -0.1) is 0 Å².